The minimum atomic E-state index is -0.221. The van der Waals surface area contributed by atoms with Crippen LogP contribution in [0, 0.1) is 6.92 Å². The molecule has 1 aromatic carbocycles. The zero-order chi connectivity index (χ0) is 15.2. The Labute approximate surface area is 124 Å². The van der Waals surface area contributed by atoms with Crippen LogP contribution in [0.15, 0.2) is 36.4 Å². The summed E-state index contributed by atoms with van der Waals surface area (Å²) in [5, 5.41) is 13.9. The van der Waals surface area contributed by atoms with Crippen molar-refractivity contribution in [2.75, 3.05) is 11.9 Å². The van der Waals surface area contributed by atoms with Gasteiger partial charge < -0.3 is 10.6 Å². The molecule has 0 radical (unpaired) electrons. The fraction of sp³-hybridized carbons (Fsp3) is 0.312. The van der Waals surface area contributed by atoms with Crippen molar-refractivity contribution in [3.05, 3.63) is 53.2 Å². The van der Waals surface area contributed by atoms with E-state index in [0.29, 0.717) is 11.5 Å². The molecule has 0 saturated heterocycles. The number of carbonyl (C=O) groups is 1. The lowest BCUT2D eigenvalue weighted by Crippen LogP contribution is -2.28. The highest BCUT2D eigenvalue weighted by atomic mass is 16.2. The van der Waals surface area contributed by atoms with Crippen LogP contribution in [0.3, 0.4) is 0 Å². The van der Waals surface area contributed by atoms with Crippen LogP contribution in [0.25, 0.3) is 0 Å². The molecule has 0 spiro atoms. The van der Waals surface area contributed by atoms with Gasteiger partial charge in [-0.1, -0.05) is 24.3 Å². The van der Waals surface area contributed by atoms with Crippen molar-refractivity contribution >= 4 is 11.7 Å². The molecule has 5 nitrogen and oxygen atoms in total. The molecule has 0 aliphatic carbocycles. The van der Waals surface area contributed by atoms with Gasteiger partial charge in [-0.05, 0) is 44.0 Å². The van der Waals surface area contributed by atoms with E-state index in [1.807, 2.05) is 45.0 Å². The van der Waals surface area contributed by atoms with E-state index in [9.17, 15) is 4.79 Å². The van der Waals surface area contributed by atoms with Gasteiger partial charge in [0.25, 0.3) is 5.91 Å². The van der Waals surface area contributed by atoms with Gasteiger partial charge in [0, 0.05) is 6.54 Å². The molecule has 0 bridgehead atoms. The molecule has 1 aromatic heterocycles. The predicted octanol–water partition coefficient (Wildman–Crippen LogP) is 2.71. The third kappa shape index (κ3) is 3.78. The molecular weight excluding hydrogens is 264 g/mol. The summed E-state index contributed by atoms with van der Waals surface area (Å²) in [5.41, 5.74) is 2.57. The zero-order valence-corrected chi connectivity index (χ0v) is 12.6. The average molecular weight is 284 g/mol. The minimum absolute atomic E-state index is 0.0751. The molecule has 21 heavy (non-hydrogen) atoms. The van der Waals surface area contributed by atoms with E-state index >= 15 is 0 Å². The fourth-order valence-corrected chi connectivity index (χ4v) is 2.15. The van der Waals surface area contributed by atoms with Crippen LogP contribution < -0.4 is 10.6 Å². The van der Waals surface area contributed by atoms with Gasteiger partial charge in [-0.2, -0.15) is 0 Å². The molecule has 1 unspecified atom stereocenters. The third-order valence-corrected chi connectivity index (χ3v) is 3.26. The monoisotopic (exact) mass is 284 g/mol. The first-order valence-electron chi connectivity index (χ1n) is 7.05. The highest BCUT2D eigenvalue weighted by Crippen LogP contribution is 2.17. The quantitative estimate of drug-likeness (QED) is 0.886. The molecule has 0 saturated carbocycles. The summed E-state index contributed by atoms with van der Waals surface area (Å²) >= 11 is 0. The summed E-state index contributed by atoms with van der Waals surface area (Å²) < 4.78 is 0. The first-order valence-corrected chi connectivity index (χ1v) is 7.05. The number of nitrogens with one attached hydrogen (secondary N) is 2. The van der Waals surface area contributed by atoms with Gasteiger partial charge in [0.15, 0.2) is 5.69 Å². The van der Waals surface area contributed by atoms with E-state index in [1.165, 1.54) is 0 Å². The van der Waals surface area contributed by atoms with Gasteiger partial charge >= 0.3 is 0 Å². The van der Waals surface area contributed by atoms with Gasteiger partial charge in [-0.15, -0.1) is 10.2 Å². The highest BCUT2D eigenvalue weighted by molar-refractivity contribution is 5.92. The Morgan fingerprint density at radius 1 is 1.19 bits per heavy atom. The number of hydrogen-bond donors (Lipinski definition) is 2. The summed E-state index contributed by atoms with van der Waals surface area (Å²) in [4.78, 5) is 12.2. The smallest absolute Gasteiger partial charge is 0.272 e. The van der Waals surface area contributed by atoms with E-state index in [4.69, 9.17) is 0 Å². The van der Waals surface area contributed by atoms with Crippen LogP contribution in [0.1, 0.15) is 41.5 Å². The summed E-state index contributed by atoms with van der Waals surface area (Å²) in [6.07, 6.45) is 0. The molecule has 1 amide bonds. The Kier molecular flexibility index (Phi) is 4.87. The molecule has 2 N–H and O–H groups in total. The molecule has 0 aliphatic rings. The van der Waals surface area contributed by atoms with E-state index in [1.54, 1.807) is 12.1 Å². The van der Waals surface area contributed by atoms with Gasteiger partial charge in [-0.3, -0.25) is 4.79 Å². The number of aromatic nitrogens is 2. The van der Waals surface area contributed by atoms with Crippen LogP contribution in [-0.4, -0.2) is 22.6 Å². The normalized spacial score (nSPS) is 11.8. The predicted molar refractivity (Wildman–Crippen MR) is 83.3 cm³/mol. The van der Waals surface area contributed by atoms with E-state index in [0.717, 1.165) is 17.7 Å². The second-order valence-electron chi connectivity index (χ2n) is 4.89. The fourth-order valence-electron chi connectivity index (χ4n) is 2.15. The zero-order valence-electron chi connectivity index (χ0n) is 12.6. The molecule has 110 valence electrons. The van der Waals surface area contributed by atoms with Gasteiger partial charge in [0.2, 0.25) is 0 Å². The Bertz CT molecular complexity index is 610. The third-order valence-electron chi connectivity index (χ3n) is 3.26. The van der Waals surface area contributed by atoms with Crippen LogP contribution in [0.2, 0.25) is 0 Å². The summed E-state index contributed by atoms with van der Waals surface area (Å²) in [6.45, 7) is 6.74. The summed E-state index contributed by atoms with van der Waals surface area (Å²) in [6, 6.07) is 11.3. The number of hydrogen-bond acceptors (Lipinski definition) is 4. The summed E-state index contributed by atoms with van der Waals surface area (Å²) in [7, 11) is 0. The second kappa shape index (κ2) is 6.83. The Morgan fingerprint density at radius 2 is 1.95 bits per heavy atom. The van der Waals surface area contributed by atoms with Gasteiger partial charge in [-0.25, -0.2) is 0 Å². The maximum Gasteiger partial charge on any atom is 0.272 e. The molecule has 2 rings (SSSR count). The topological polar surface area (TPSA) is 66.9 Å². The number of rotatable bonds is 5. The first kappa shape index (κ1) is 15.0. The van der Waals surface area contributed by atoms with E-state index in [-0.39, 0.29) is 11.9 Å². The first-order chi connectivity index (χ1) is 10.1. The molecule has 1 atom stereocenters. The Hall–Kier alpha value is -2.43. The van der Waals surface area contributed by atoms with E-state index in [2.05, 4.69) is 20.8 Å². The molecule has 5 heteroatoms. The highest BCUT2D eigenvalue weighted by Gasteiger charge is 2.14. The second-order valence-corrected chi connectivity index (χ2v) is 4.89. The number of amides is 1. The summed E-state index contributed by atoms with van der Waals surface area (Å²) in [5.74, 6) is 0.447. The van der Waals surface area contributed by atoms with Crippen molar-refractivity contribution in [2.45, 2.75) is 26.8 Å². The standard InChI is InChI=1S/C16H20N4O/c1-4-17-15-10-9-14(19-20-15)16(21)18-12(3)13-8-6-5-7-11(13)2/h5-10,12H,4H2,1-3H3,(H,17,20)(H,18,21). The molecule has 1 heterocycles. The van der Waals surface area contributed by atoms with Crippen molar-refractivity contribution < 1.29 is 4.79 Å². The Balaban J connectivity index is 2.05. The largest absolute Gasteiger partial charge is 0.369 e. The van der Waals surface area contributed by atoms with Crippen molar-refractivity contribution in [1.29, 1.82) is 0 Å². The lowest BCUT2D eigenvalue weighted by molar-refractivity contribution is 0.0934. The average Bonchev–Trinajstić information content (AvgIpc) is 2.48. The molecule has 2 aromatic rings. The lowest BCUT2D eigenvalue weighted by atomic mass is 10.0. The van der Waals surface area contributed by atoms with Crippen LogP contribution in [-0.2, 0) is 0 Å². The van der Waals surface area contributed by atoms with Crippen molar-refractivity contribution in [2.24, 2.45) is 0 Å². The minimum Gasteiger partial charge on any atom is -0.369 e. The molecule has 0 aliphatic heterocycles. The van der Waals surface area contributed by atoms with Crippen LogP contribution in [0.5, 0.6) is 0 Å². The number of benzene rings is 1. The maximum atomic E-state index is 12.2. The SMILES string of the molecule is CCNc1ccc(C(=O)NC(C)c2ccccc2C)nn1. The van der Waals surface area contributed by atoms with E-state index < -0.39 is 0 Å². The van der Waals surface area contributed by atoms with Gasteiger partial charge in [0.05, 0.1) is 6.04 Å². The van der Waals surface area contributed by atoms with Gasteiger partial charge in [0.1, 0.15) is 5.82 Å². The molecule has 0 fully saturated rings. The molecular formula is C16H20N4O. The number of aryl methyl sites for hydroxylation is 1. The number of anilines is 1. The van der Waals surface area contributed by atoms with Crippen LogP contribution in [0.4, 0.5) is 5.82 Å². The Morgan fingerprint density at radius 3 is 2.57 bits per heavy atom. The van der Waals surface area contributed by atoms with Crippen molar-refractivity contribution in [1.82, 2.24) is 15.5 Å². The maximum absolute atomic E-state index is 12.2. The number of nitrogens with zero attached hydrogens (tertiary/aromatic N) is 2. The van der Waals surface area contributed by atoms with Crippen molar-refractivity contribution in [3.8, 4) is 0 Å². The van der Waals surface area contributed by atoms with Crippen molar-refractivity contribution in [3.63, 3.8) is 0 Å². The lowest BCUT2D eigenvalue weighted by Gasteiger charge is -2.16. The number of carbonyl (C=O) groups excluding carboxylic acids is 1. The van der Waals surface area contributed by atoms with Crippen LogP contribution >= 0.6 is 0 Å².